The number of carbonyl (C=O) groups is 1. The number of anilines is 2. The maximum atomic E-state index is 13.9. The van der Waals surface area contributed by atoms with Crippen LogP contribution in [0, 0.1) is 0 Å². The first-order chi connectivity index (χ1) is 19.3. The van der Waals surface area contributed by atoms with Crippen LogP contribution in [0.15, 0.2) is 24.4 Å². The molecule has 2 heterocycles. The summed E-state index contributed by atoms with van der Waals surface area (Å²) < 4.78 is 66.9. The van der Waals surface area contributed by atoms with E-state index < -0.39 is 40.2 Å². The van der Waals surface area contributed by atoms with E-state index in [0.717, 1.165) is 13.1 Å². The fourth-order valence-corrected chi connectivity index (χ4v) is 5.90. The molecule has 0 bridgehead atoms. The van der Waals surface area contributed by atoms with Gasteiger partial charge in [0.2, 0.25) is 11.8 Å². The Morgan fingerprint density at radius 2 is 1.95 bits per heavy atom. The summed E-state index contributed by atoms with van der Waals surface area (Å²) in [5.74, 6) is -0.788. The van der Waals surface area contributed by atoms with Gasteiger partial charge in [-0.15, -0.1) is 4.31 Å². The SMILES string of the molecule is COc1cc(C(=O)NN2CCN(C)CC2)ccc1Nc1ncc(C(F)(F)F)c(O[C@@H]2CCC[C@]2(C)N(C)[SH+](C)=O)n1. The van der Waals surface area contributed by atoms with Crippen LogP contribution in [-0.2, 0) is 21.4 Å². The lowest BCUT2D eigenvalue weighted by atomic mass is 9.98. The number of nitrogens with zero attached hydrogens (tertiary/aromatic N) is 5. The van der Waals surface area contributed by atoms with Crippen LogP contribution in [0.4, 0.5) is 24.8 Å². The molecule has 3 atom stereocenters. The number of hydrogen-bond donors (Lipinski definition) is 2. The number of thiol groups is 1. The quantitative estimate of drug-likeness (QED) is 0.332. The van der Waals surface area contributed by atoms with Gasteiger partial charge in [0.15, 0.2) is 0 Å². The smallest absolute Gasteiger partial charge is 0.423 e. The Hall–Kier alpha value is -3.01. The third-order valence-electron chi connectivity index (χ3n) is 7.79. The van der Waals surface area contributed by atoms with E-state index in [1.54, 1.807) is 29.7 Å². The summed E-state index contributed by atoms with van der Waals surface area (Å²) >= 11 is 0. The van der Waals surface area contributed by atoms with E-state index in [1.807, 2.05) is 19.0 Å². The molecule has 41 heavy (non-hydrogen) atoms. The Labute approximate surface area is 239 Å². The van der Waals surface area contributed by atoms with E-state index in [9.17, 15) is 22.2 Å². The van der Waals surface area contributed by atoms with E-state index >= 15 is 0 Å². The molecule has 4 rings (SSSR count). The minimum atomic E-state index is -4.75. The van der Waals surface area contributed by atoms with Gasteiger partial charge < -0.3 is 19.7 Å². The predicted octanol–water partition coefficient (Wildman–Crippen LogP) is 3.00. The molecule has 1 aliphatic carbocycles. The number of hydrogen-bond acceptors (Lipinski definition) is 9. The Kier molecular flexibility index (Phi) is 9.41. The van der Waals surface area contributed by atoms with Crippen molar-refractivity contribution in [1.29, 1.82) is 0 Å². The van der Waals surface area contributed by atoms with Crippen molar-refractivity contribution in [2.45, 2.75) is 44.0 Å². The molecule has 0 radical (unpaired) electrons. The lowest BCUT2D eigenvalue weighted by Gasteiger charge is -2.35. The van der Waals surface area contributed by atoms with Crippen molar-refractivity contribution in [3.8, 4) is 11.6 Å². The number of rotatable bonds is 9. The van der Waals surface area contributed by atoms with Crippen LogP contribution in [0.5, 0.6) is 11.6 Å². The summed E-state index contributed by atoms with van der Waals surface area (Å²) in [6, 6.07) is 4.67. The number of nitrogens with one attached hydrogen (secondary N) is 2. The van der Waals surface area contributed by atoms with Gasteiger partial charge in [-0.25, -0.2) is 9.99 Å². The molecule has 0 spiro atoms. The van der Waals surface area contributed by atoms with Gasteiger partial charge in [-0.05, 0) is 51.4 Å². The third-order valence-corrected chi connectivity index (χ3v) is 9.09. The number of alkyl halides is 3. The Balaban J connectivity index is 1.56. The van der Waals surface area contributed by atoms with Crippen LogP contribution < -0.4 is 20.2 Å². The van der Waals surface area contributed by atoms with Crippen molar-refractivity contribution in [2.24, 2.45) is 0 Å². The number of hydrazine groups is 1. The summed E-state index contributed by atoms with van der Waals surface area (Å²) in [5.41, 5.74) is 1.74. The molecule has 1 saturated heterocycles. The summed E-state index contributed by atoms with van der Waals surface area (Å²) in [7, 11) is 3.39. The molecule has 2 fully saturated rings. The van der Waals surface area contributed by atoms with Gasteiger partial charge in [0.1, 0.15) is 34.7 Å². The number of benzene rings is 1. The molecule has 1 aliphatic heterocycles. The third kappa shape index (κ3) is 7.08. The van der Waals surface area contributed by atoms with Crippen LogP contribution in [0.1, 0.15) is 42.1 Å². The summed E-state index contributed by atoms with van der Waals surface area (Å²) in [4.78, 5) is 22.9. The number of ether oxygens (including phenoxy) is 2. The number of carbonyl (C=O) groups excluding carboxylic acids is 1. The van der Waals surface area contributed by atoms with Crippen molar-refractivity contribution >= 4 is 28.5 Å². The second kappa shape index (κ2) is 12.5. The van der Waals surface area contributed by atoms with Crippen molar-refractivity contribution in [3.63, 3.8) is 0 Å². The second-order valence-corrected chi connectivity index (χ2v) is 12.1. The molecule has 11 nitrogen and oxygen atoms in total. The molecule has 1 amide bonds. The molecule has 2 N–H and O–H groups in total. The van der Waals surface area contributed by atoms with Crippen molar-refractivity contribution in [2.75, 3.05) is 59.0 Å². The number of piperazine rings is 1. The monoisotopic (exact) mass is 600 g/mol. The highest BCUT2D eigenvalue weighted by Gasteiger charge is 2.49. The summed E-state index contributed by atoms with van der Waals surface area (Å²) in [6.45, 7) is 4.89. The first-order valence-corrected chi connectivity index (χ1v) is 14.9. The maximum absolute atomic E-state index is 13.9. The lowest BCUT2D eigenvalue weighted by molar-refractivity contribution is -0.140. The zero-order chi connectivity index (χ0) is 29.9. The molecule has 226 valence electrons. The zero-order valence-electron chi connectivity index (χ0n) is 23.8. The van der Waals surface area contributed by atoms with Crippen molar-refractivity contribution in [3.05, 3.63) is 35.5 Å². The van der Waals surface area contributed by atoms with Gasteiger partial charge >= 0.3 is 6.18 Å². The molecule has 1 unspecified atom stereocenters. The number of aromatic nitrogens is 2. The predicted molar refractivity (Wildman–Crippen MR) is 150 cm³/mol. The largest absolute Gasteiger partial charge is 0.495 e. The minimum Gasteiger partial charge on any atom is -0.495 e. The molecule has 15 heteroatoms. The van der Waals surface area contributed by atoms with E-state index in [-0.39, 0.29) is 17.6 Å². The Morgan fingerprint density at radius 3 is 2.59 bits per heavy atom. The second-order valence-electron chi connectivity index (χ2n) is 10.5. The van der Waals surface area contributed by atoms with E-state index in [2.05, 4.69) is 25.6 Å². The number of halogens is 3. The van der Waals surface area contributed by atoms with Gasteiger partial charge in [0.25, 0.3) is 5.91 Å². The zero-order valence-corrected chi connectivity index (χ0v) is 24.7. The van der Waals surface area contributed by atoms with E-state index in [0.29, 0.717) is 49.8 Å². The van der Waals surface area contributed by atoms with Crippen molar-refractivity contribution < 1.29 is 31.6 Å². The molecular weight excluding hydrogens is 563 g/mol. The molecule has 1 saturated carbocycles. The van der Waals surface area contributed by atoms with Gasteiger partial charge in [0.05, 0.1) is 18.3 Å². The van der Waals surface area contributed by atoms with E-state index in [1.165, 1.54) is 13.2 Å². The summed E-state index contributed by atoms with van der Waals surface area (Å²) in [5, 5.41) is 4.73. The highest BCUT2D eigenvalue weighted by molar-refractivity contribution is 7.81. The average Bonchev–Trinajstić information content (AvgIpc) is 3.29. The van der Waals surface area contributed by atoms with Crippen LogP contribution in [0.3, 0.4) is 0 Å². The maximum Gasteiger partial charge on any atom is 0.423 e. The topological polar surface area (TPSA) is 112 Å². The van der Waals surface area contributed by atoms with Crippen LogP contribution in [-0.4, -0.2) is 95.4 Å². The van der Waals surface area contributed by atoms with Crippen LogP contribution in [0.25, 0.3) is 0 Å². The summed E-state index contributed by atoms with van der Waals surface area (Å²) in [6.07, 6.45) is -1.38. The highest BCUT2D eigenvalue weighted by atomic mass is 32.2. The van der Waals surface area contributed by atoms with E-state index in [4.69, 9.17) is 9.47 Å². The number of amides is 1. The van der Waals surface area contributed by atoms with Gasteiger partial charge in [-0.1, -0.05) is 4.21 Å². The van der Waals surface area contributed by atoms with Crippen molar-refractivity contribution in [1.82, 2.24) is 29.6 Å². The standard InChI is InChI=1S/C26H36F3N7O4S/c1-25(35(3)41(5)38)10-6-7-21(25)40-23-18(26(27,28)29)16-30-24(32-23)31-19-9-8-17(15-20(19)39-4)22(37)33-36-13-11-34(2)12-14-36/h8-9,15-16,21H,6-7,10-14H2,1-5H3,(H,33,37)(H,30,31,32)/p+1/t21-,25+,41?/m1/s1. The molecule has 2 aliphatic rings. The van der Waals surface area contributed by atoms with Crippen LogP contribution in [0.2, 0.25) is 0 Å². The first kappa shape index (κ1) is 30.9. The lowest BCUT2D eigenvalue weighted by Crippen LogP contribution is -2.52. The molecule has 1 aromatic heterocycles. The Bertz CT molecular complexity index is 1280. The Morgan fingerprint density at radius 1 is 1.24 bits per heavy atom. The fraction of sp³-hybridized carbons (Fsp3) is 0.577. The molecular formula is C26H37F3N7O4S+. The van der Waals surface area contributed by atoms with Gasteiger partial charge in [-0.2, -0.15) is 18.2 Å². The molecule has 1 aromatic carbocycles. The average molecular weight is 601 g/mol. The normalized spacial score (nSPS) is 22.9. The van der Waals surface area contributed by atoms with Crippen LogP contribution >= 0.6 is 0 Å². The van der Waals surface area contributed by atoms with Gasteiger partial charge in [0, 0.05) is 45.0 Å². The first-order valence-electron chi connectivity index (χ1n) is 13.3. The highest BCUT2D eigenvalue weighted by Crippen LogP contribution is 2.41. The molecule has 2 aromatic rings. The number of likely N-dealkylation sites (N-methyl/N-ethyl adjacent to an activating group) is 2. The van der Waals surface area contributed by atoms with Gasteiger partial charge in [-0.3, -0.25) is 10.2 Å². The fourth-order valence-electron chi connectivity index (χ4n) is 5.02. The minimum absolute atomic E-state index is 0.143. The number of methoxy groups -OCH3 is 1.